The molecule has 0 unspecified atom stereocenters. The summed E-state index contributed by atoms with van der Waals surface area (Å²) in [7, 11) is 0. The molecule has 4 nitrogen and oxygen atoms in total. The van der Waals surface area contributed by atoms with Gasteiger partial charge >= 0.3 is 0 Å². The van der Waals surface area contributed by atoms with Crippen molar-refractivity contribution in [2.75, 3.05) is 5.32 Å². The molecule has 2 atom stereocenters. The number of hydrogen-bond donors (Lipinski definition) is 1. The molecule has 1 aromatic heterocycles. The highest BCUT2D eigenvalue weighted by atomic mass is 19.1. The monoisotopic (exact) mass is 275 g/mol. The van der Waals surface area contributed by atoms with Gasteiger partial charge in [0.1, 0.15) is 11.6 Å². The van der Waals surface area contributed by atoms with Gasteiger partial charge in [0.2, 0.25) is 5.91 Å². The molecule has 6 heteroatoms. The first-order valence-electron chi connectivity index (χ1n) is 6.17. The van der Waals surface area contributed by atoms with Crippen LogP contribution in [0.4, 0.5) is 14.6 Å². The van der Waals surface area contributed by atoms with E-state index in [1.54, 1.807) is 0 Å². The maximum Gasteiger partial charge on any atom is 0.229 e. The van der Waals surface area contributed by atoms with E-state index in [1.165, 1.54) is 30.7 Å². The molecular weight excluding hydrogens is 264 g/mol. The molecular formula is C14H11F2N3O. The Kier molecular flexibility index (Phi) is 3.14. The van der Waals surface area contributed by atoms with Crippen LogP contribution < -0.4 is 5.32 Å². The number of aromatic nitrogens is 2. The second kappa shape index (κ2) is 4.96. The van der Waals surface area contributed by atoms with Crippen LogP contribution in [0.5, 0.6) is 0 Å². The number of amides is 1. The molecule has 0 spiro atoms. The van der Waals surface area contributed by atoms with Gasteiger partial charge in [-0.25, -0.2) is 13.8 Å². The zero-order chi connectivity index (χ0) is 14.1. The van der Waals surface area contributed by atoms with E-state index in [0.29, 0.717) is 17.8 Å². The number of benzene rings is 1. The number of carbonyl (C=O) groups excluding carboxylic acids is 1. The number of nitrogens with zero attached hydrogens (tertiary/aromatic N) is 2. The molecule has 1 aliphatic rings. The maximum atomic E-state index is 13.6. The molecule has 0 radical (unpaired) electrons. The molecule has 1 amide bonds. The minimum atomic E-state index is -0.618. The lowest BCUT2D eigenvalue weighted by molar-refractivity contribution is -0.117. The second-order valence-electron chi connectivity index (χ2n) is 4.69. The normalized spacial score (nSPS) is 20.5. The summed E-state index contributed by atoms with van der Waals surface area (Å²) in [6, 6.07) is 3.44. The lowest BCUT2D eigenvalue weighted by atomic mass is 10.1. The van der Waals surface area contributed by atoms with E-state index in [4.69, 9.17) is 0 Å². The summed E-state index contributed by atoms with van der Waals surface area (Å²) in [5.74, 6) is -1.59. The van der Waals surface area contributed by atoms with Gasteiger partial charge in [-0.15, -0.1) is 0 Å². The highest BCUT2D eigenvalue weighted by Crippen LogP contribution is 2.48. The van der Waals surface area contributed by atoms with Gasteiger partial charge in [0.05, 0.1) is 6.20 Å². The van der Waals surface area contributed by atoms with Crippen molar-refractivity contribution in [3.05, 3.63) is 54.0 Å². The van der Waals surface area contributed by atoms with Crippen molar-refractivity contribution in [1.82, 2.24) is 9.97 Å². The van der Waals surface area contributed by atoms with Crippen molar-refractivity contribution in [2.45, 2.75) is 12.3 Å². The quantitative estimate of drug-likeness (QED) is 0.936. The number of rotatable bonds is 3. The standard InChI is InChI=1S/C14H11F2N3O/c15-8-1-2-9(12(16)5-8)10-6-11(10)14(20)19-13-7-17-3-4-18-13/h1-5,7,10-11H,6H2,(H,18,19,20)/t10-,11-/m1/s1. The number of carbonyl (C=O) groups is 1. The Bertz CT molecular complexity index is 648. The summed E-state index contributed by atoms with van der Waals surface area (Å²) >= 11 is 0. The minimum Gasteiger partial charge on any atom is -0.309 e. The first-order valence-corrected chi connectivity index (χ1v) is 6.17. The van der Waals surface area contributed by atoms with Gasteiger partial charge in [-0.2, -0.15) is 0 Å². The number of anilines is 1. The van der Waals surface area contributed by atoms with Crippen molar-refractivity contribution in [1.29, 1.82) is 0 Å². The van der Waals surface area contributed by atoms with Crippen molar-refractivity contribution in [3.63, 3.8) is 0 Å². The van der Waals surface area contributed by atoms with Gasteiger partial charge in [-0.3, -0.25) is 9.78 Å². The Morgan fingerprint density at radius 1 is 1.30 bits per heavy atom. The topological polar surface area (TPSA) is 54.9 Å². The van der Waals surface area contributed by atoms with E-state index in [0.717, 1.165) is 6.07 Å². The van der Waals surface area contributed by atoms with Gasteiger partial charge in [0, 0.05) is 24.4 Å². The molecule has 1 aromatic carbocycles. The Morgan fingerprint density at radius 3 is 2.85 bits per heavy atom. The van der Waals surface area contributed by atoms with E-state index in [2.05, 4.69) is 15.3 Å². The number of halogens is 2. The van der Waals surface area contributed by atoms with Crippen LogP contribution in [-0.4, -0.2) is 15.9 Å². The Balaban J connectivity index is 1.68. The van der Waals surface area contributed by atoms with Crippen LogP contribution in [0.3, 0.4) is 0 Å². The molecule has 20 heavy (non-hydrogen) atoms. The molecule has 1 aliphatic carbocycles. The molecule has 0 aliphatic heterocycles. The Hall–Kier alpha value is -2.37. The van der Waals surface area contributed by atoms with E-state index in [-0.39, 0.29) is 17.7 Å². The Morgan fingerprint density at radius 2 is 2.15 bits per heavy atom. The largest absolute Gasteiger partial charge is 0.309 e. The third-order valence-electron chi connectivity index (χ3n) is 3.30. The highest BCUT2D eigenvalue weighted by Gasteiger charge is 2.45. The van der Waals surface area contributed by atoms with E-state index in [9.17, 15) is 13.6 Å². The molecule has 0 bridgehead atoms. The second-order valence-corrected chi connectivity index (χ2v) is 4.69. The third-order valence-corrected chi connectivity index (χ3v) is 3.30. The molecule has 1 saturated carbocycles. The van der Waals surface area contributed by atoms with Gasteiger partial charge in [-0.1, -0.05) is 6.07 Å². The number of hydrogen-bond acceptors (Lipinski definition) is 3. The van der Waals surface area contributed by atoms with Crippen LogP contribution in [0.15, 0.2) is 36.8 Å². The molecule has 1 fully saturated rings. The van der Waals surface area contributed by atoms with Crippen molar-refractivity contribution >= 4 is 11.7 Å². The van der Waals surface area contributed by atoms with Crippen LogP contribution >= 0.6 is 0 Å². The molecule has 1 N–H and O–H groups in total. The lowest BCUT2D eigenvalue weighted by Gasteiger charge is -2.04. The lowest BCUT2D eigenvalue weighted by Crippen LogP contribution is -2.15. The predicted molar refractivity (Wildman–Crippen MR) is 67.9 cm³/mol. The molecule has 2 aromatic rings. The van der Waals surface area contributed by atoms with E-state index < -0.39 is 11.6 Å². The van der Waals surface area contributed by atoms with Gasteiger partial charge in [0.15, 0.2) is 5.82 Å². The molecule has 3 rings (SSSR count). The highest BCUT2D eigenvalue weighted by molar-refractivity contribution is 5.94. The smallest absolute Gasteiger partial charge is 0.229 e. The van der Waals surface area contributed by atoms with E-state index >= 15 is 0 Å². The van der Waals surface area contributed by atoms with Crippen molar-refractivity contribution in [3.8, 4) is 0 Å². The average molecular weight is 275 g/mol. The fourth-order valence-electron chi connectivity index (χ4n) is 2.21. The van der Waals surface area contributed by atoms with Crippen LogP contribution in [0.2, 0.25) is 0 Å². The predicted octanol–water partition coefficient (Wildman–Crippen LogP) is 2.50. The summed E-state index contributed by atoms with van der Waals surface area (Å²) in [6.45, 7) is 0. The van der Waals surface area contributed by atoms with Gasteiger partial charge in [0.25, 0.3) is 0 Å². The van der Waals surface area contributed by atoms with Crippen LogP contribution in [0.1, 0.15) is 17.9 Å². The summed E-state index contributed by atoms with van der Waals surface area (Å²) in [6.07, 6.45) is 4.96. The third kappa shape index (κ3) is 2.49. The molecule has 102 valence electrons. The fourth-order valence-corrected chi connectivity index (χ4v) is 2.21. The zero-order valence-corrected chi connectivity index (χ0v) is 10.4. The Labute approximate surface area is 113 Å². The average Bonchev–Trinajstić information content (AvgIpc) is 3.20. The van der Waals surface area contributed by atoms with Gasteiger partial charge < -0.3 is 5.32 Å². The summed E-state index contributed by atoms with van der Waals surface area (Å²) in [5, 5.41) is 2.63. The minimum absolute atomic E-state index is 0.202. The SMILES string of the molecule is O=C(Nc1cnccn1)[C@@H]1C[C@@H]1c1ccc(F)cc1F. The van der Waals surface area contributed by atoms with Crippen molar-refractivity contribution < 1.29 is 13.6 Å². The first-order chi connectivity index (χ1) is 9.65. The van der Waals surface area contributed by atoms with Crippen LogP contribution in [0, 0.1) is 17.6 Å². The summed E-state index contributed by atoms with van der Waals surface area (Å²) in [5.41, 5.74) is 0.380. The number of nitrogens with one attached hydrogen (secondary N) is 1. The first kappa shape index (κ1) is 12.7. The van der Waals surface area contributed by atoms with E-state index in [1.807, 2.05) is 0 Å². The zero-order valence-electron chi connectivity index (χ0n) is 10.4. The summed E-state index contributed by atoms with van der Waals surface area (Å²) in [4.78, 5) is 19.7. The molecule has 0 saturated heterocycles. The fraction of sp³-hybridized carbons (Fsp3) is 0.214. The van der Waals surface area contributed by atoms with Gasteiger partial charge in [-0.05, 0) is 24.0 Å². The van der Waals surface area contributed by atoms with Crippen LogP contribution in [-0.2, 0) is 4.79 Å². The van der Waals surface area contributed by atoms with Crippen LogP contribution in [0.25, 0.3) is 0 Å². The molecule has 1 heterocycles. The maximum absolute atomic E-state index is 13.6. The van der Waals surface area contributed by atoms with Crippen molar-refractivity contribution in [2.24, 2.45) is 5.92 Å². The summed E-state index contributed by atoms with van der Waals surface area (Å²) < 4.78 is 26.5.